The first-order valence-corrected chi connectivity index (χ1v) is 7.14. The van der Waals surface area contributed by atoms with Crippen molar-refractivity contribution in [2.75, 3.05) is 11.5 Å². The van der Waals surface area contributed by atoms with Gasteiger partial charge in [-0.3, -0.25) is 9.36 Å². The van der Waals surface area contributed by atoms with Crippen LogP contribution in [0.25, 0.3) is 5.69 Å². The molecule has 1 aromatic carbocycles. The first-order chi connectivity index (χ1) is 9.50. The minimum atomic E-state index is -0.903. The van der Waals surface area contributed by atoms with Crippen LogP contribution < -0.4 is 5.73 Å². The Bertz CT molecular complexity index is 625. The minimum absolute atomic E-state index is 0.0814. The number of rotatable bonds is 5. The van der Waals surface area contributed by atoms with E-state index in [1.54, 1.807) is 4.57 Å². The van der Waals surface area contributed by atoms with Crippen molar-refractivity contribution in [3.63, 3.8) is 0 Å². The zero-order valence-corrected chi connectivity index (χ0v) is 12.1. The highest BCUT2D eigenvalue weighted by Crippen LogP contribution is 2.28. The van der Waals surface area contributed by atoms with Crippen LogP contribution in [0.4, 0.5) is 5.95 Å². The molecule has 0 fully saturated rings. The summed E-state index contributed by atoms with van der Waals surface area (Å²) in [5.74, 6) is -0.418. The molecule has 2 aromatic rings. The topological polar surface area (TPSA) is 94.0 Å². The Morgan fingerprint density at radius 1 is 1.40 bits per heavy atom. The van der Waals surface area contributed by atoms with E-state index in [9.17, 15) is 4.79 Å². The number of anilines is 1. The van der Waals surface area contributed by atoms with Crippen LogP contribution in [0.1, 0.15) is 25.3 Å². The summed E-state index contributed by atoms with van der Waals surface area (Å²) in [6.45, 7) is 4.17. The molecular formula is C13H16N4O2S. The maximum Gasteiger partial charge on any atom is 0.313 e. The zero-order chi connectivity index (χ0) is 14.7. The van der Waals surface area contributed by atoms with Crippen LogP contribution in [0.3, 0.4) is 0 Å². The molecule has 0 aliphatic carbocycles. The molecule has 0 aliphatic heterocycles. The van der Waals surface area contributed by atoms with Crippen molar-refractivity contribution in [2.24, 2.45) is 0 Å². The van der Waals surface area contributed by atoms with Crippen LogP contribution in [-0.4, -0.2) is 31.6 Å². The fourth-order valence-corrected chi connectivity index (χ4v) is 2.58. The minimum Gasteiger partial charge on any atom is -0.481 e. The molecule has 3 N–H and O–H groups in total. The van der Waals surface area contributed by atoms with Gasteiger partial charge in [-0.1, -0.05) is 43.8 Å². The molecular weight excluding hydrogens is 276 g/mol. The highest BCUT2D eigenvalue weighted by Gasteiger charge is 2.17. The van der Waals surface area contributed by atoms with Crippen LogP contribution >= 0.6 is 11.8 Å². The summed E-state index contributed by atoms with van der Waals surface area (Å²) in [7, 11) is 0. The highest BCUT2D eigenvalue weighted by molar-refractivity contribution is 7.99. The number of hydrogen-bond acceptors (Lipinski definition) is 5. The molecule has 1 heterocycles. The van der Waals surface area contributed by atoms with Crippen molar-refractivity contribution in [3.05, 3.63) is 29.8 Å². The van der Waals surface area contributed by atoms with Gasteiger partial charge in [-0.05, 0) is 17.5 Å². The average molecular weight is 292 g/mol. The summed E-state index contributed by atoms with van der Waals surface area (Å²) >= 11 is 1.10. The predicted octanol–water partition coefficient (Wildman–Crippen LogP) is 2.15. The van der Waals surface area contributed by atoms with Gasteiger partial charge < -0.3 is 10.8 Å². The number of thioether (sulfide) groups is 1. The second-order valence-corrected chi connectivity index (χ2v) is 5.51. The number of carboxylic acids is 1. The molecule has 0 radical (unpaired) electrons. The van der Waals surface area contributed by atoms with Gasteiger partial charge in [0.2, 0.25) is 5.95 Å². The number of nitrogens with two attached hydrogens (primary N) is 1. The van der Waals surface area contributed by atoms with Crippen molar-refractivity contribution in [2.45, 2.75) is 24.9 Å². The molecule has 0 unspecified atom stereocenters. The molecule has 6 nitrogen and oxygen atoms in total. The molecule has 0 atom stereocenters. The van der Waals surface area contributed by atoms with Crippen LogP contribution in [0.2, 0.25) is 0 Å². The monoisotopic (exact) mass is 292 g/mol. The lowest BCUT2D eigenvalue weighted by Gasteiger charge is -2.15. The van der Waals surface area contributed by atoms with Gasteiger partial charge in [0.05, 0.1) is 11.4 Å². The maximum absolute atomic E-state index is 10.7. The second-order valence-electron chi connectivity index (χ2n) is 4.57. The van der Waals surface area contributed by atoms with E-state index in [1.165, 1.54) is 0 Å². The molecule has 0 aliphatic rings. The standard InChI is InChI=1S/C13H16N4O2S/c1-8(2)9-5-3-4-6-10(9)17-12(14)15-16-13(17)20-7-11(18)19/h3-6,8H,7H2,1-2H3,(H2,14,15)(H,18,19). The number of hydrogen-bond donors (Lipinski definition) is 2. The number of aliphatic carboxylic acids is 1. The molecule has 1 aromatic heterocycles. The smallest absolute Gasteiger partial charge is 0.313 e. The van der Waals surface area contributed by atoms with Crippen LogP contribution in [0, 0.1) is 0 Å². The second kappa shape index (κ2) is 5.96. The molecule has 0 spiro atoms. The maximum atomic E-state index is 10.7. The van der Waals surface area contributed by atoms with Crippen LogP contribution in [0.15, 0.2) is 29.4 Å². The van der Waals surface area contributed by atoms with Crippen molar-refractivity contribution in [1.82, 2.24) is 14.8 Å². The van der Waals surface area contributed by atoms with Crippen LogP contribution in [0.5, 0.6) is 0 Å². The van der Waals surface area contributed by atoms with Crippen molar-refractivity contribution in [1.29, 1.82) is 0 Å². The normalized spacial score (nSPS) is 10.9. The van der Waals surface area contributed by atoms with E-state index in [-0.39, 0.29) is 11.7 Å². The first kappa shape index (κ1) is 14.4. The number of nitrogen functional groups attached to an aromatic ring is 1. The largest absolute Gasteiger partial charge is 0.481 e. The van der Waals surface area contributed by atoms with Gasteiger partial charge in [-0.2, -0.15) is 0 Å². The Morgan fingerprint density at radius 3 is 2.75 bits per heavy atom. The lowest BCUT2D eigenvalue weighted by molar-refractivity contribution is -0.133. The average Bonchev–Trinajstić information content (AvgIpc) is 2.77. The number of para-hydroxylation sites is 1. The number of aromatic nitrogens is 3. The Labute approximate surface area is 121 Å². The van der Waals surface area contributed by atoms with Gasteiger partial charge in [0.15, 0.2) is 5.16 Å². The van der Waals surface area contributed by atoms with Gasteiger partial charge in [-0.25, -0.2) is 0 Å². The fraction of sp³-hybridized carbons (Fsp3) is 0.308. The summed E-state index contributed by atoms with van der Waals surface area (Å²) in [6.07, 6.45) is 0. The van der Waals surface area contributed by atoms with E-state index in [2.05, 4.69) is 24.0 Å². The number of benzene rings is 1. The highest BCUT2D eigenvalue weighted by atomic mass is 32.2. The lowest BCUT2D eigenvalue weighted by Crippen LogP contribution is -2.07. The summed E-state index contributed by atoms with van der Waals surface area (Å²) in [5, 5.41) is 17.1. The zero-order valence-electron chi connectivity index (χ0n) is 11.3. The number of carboxylic acid groups (broad SMARTS) is 1. The molecule has 7 heteroatoms. The van der Waals surface area contributed by atoms with Gasteiger partial charge >= 0.3 is 5.97 Å². The quantitative estimate of drug-likeness (QED) is 0.820. The Hall–Kier alpha value is -2.02. The molecule has 0 saturated carbocycles. The first-order valence-electron chi connectivity index (χ1n) is 6.15. The lowest BCUT2D eigenvalue weighted by atomic mass is 10.0. The van der Waals surface area contributed by atoms with E-state index >= 15 is 0 Å². The molecule has 2 rings (SSSR count). The molecule has 20 heavy (non-hydrogen) atoms. The molecule has 0 saturated heterocycles. The van der Waals surface area contributed by atoms with Gasteiger partial charge in [0.1, 0.15) is 0 Å². The van der Waals surface area contributed by atoms with Crippen molar-refractivity contribution < 1.29 is 9.90 Å². The number of carbonyl (C=O) groups is 1. The van der Waals surface area contributed by atoms with E-state index in [4.69, 9.17) is 10.8 Å². The molecule has 106 valence electrons. The third-order valence-corrected chi connectivity index (χ3v) is 3.70. The third kappa shape index (κ3) is 2.93. The van der Waals surface area contributed by atoms with E-state index in [0.717, 1.165) is 23.0 Å². The van der Waals surface area contributed by atoms with Crippen molar-refractivity contribution >= 4 is 23.7 Å². The Kier molecular flexibility index (Phi) is 4.29. The van der Waals surface area contributed by atoms with Gasteiger partial charge in [0, 0.05) is 0 Å². The number of nitrogens with zero attached hydrogens (tertiary/aromatic N) is 3. The summed E-state index contributed by atoms with van der Waals surface area (Å²) in [5.41, 5.74) is 7.87. The predicted molar refractivity (Wildman–Crippen MR) is 78.2 cm³/mol. The Morgan fingerprint density at radius 2 is 2.10 bits per heavy atom. The Balaban J connectivity index is 2.47. The summed E-state index contributed by atoms with van der Waals surface area (Å²) < 4.78 is 1.70. The van der Waals surface area contributed by atoms with Crippen LogP contribution in [-0.2, 0) is 4.79 Å². The third-order valence-electron chi connectivity index (χ3n) is 2.78. The van der Waals surface area contributed by atoms with E-state index in [1.807, 2.05) is 24.3 Å². The summed E-state index contributed by atoms with van der Waals surface area (Å²) in [6, 6.07) is 7.82. The fourth-order valence-electron chi connectivity index (χ4n) is 1.91. The van der Waals surface area contributed by atoms with E-state index in [0.29, 0.717) is 11.1 Å². The molecule has 0 bridgehead atoms. The SMILES string of the molecule is CC(C)c1ccccc1-n1c(N)nnc1SCC(=O)O. The summed E-state index contributed by atoms with van der Waals surface area (Å²) in [4.78, 5) is 10.7. The van der Waals surface area contributed by atoms with E-state index < -0.39 is 5.97 Å². The van der Waals surface area contributed by atoms with Crippen molar-refractivity contribution in [3.8, 4) is 5.69 Å². The van der Waals surface area contributed by atoms with Gasteiger partial charge in [0.25, 0.3) is 0 Å². The molecule has 0 amide bonds. The van der Waals surface area contributed by atoms with Gasteiger partial charge in [-0.15, -0.1) is 10.2 Å².